The quantitative estimate of drug-likeness (QED) is 0.829. The van der Waals surface area contributed by atoms with Crippen LogP contribution in [0.3, 0.4) is 0 Å². The predicted octanol–water partition coefficient (Wildman–Crippen LogP) is 2.58. The predicted molar refractivity (Wildman–Crippen MR) is 83.8 cm³/mol. The molecule has 112 valence electrons. The van der Waals surface area contributed by atoms with Crippen LogP contribution in [0.5, 0.6) is 5.75 Å². The lowest BCUT2D eigenvalue weighted by molar-refractivity contribution is 0.102. The van der Waals surface area contributed by atoms with Gasteiger partial charge in [0.2, 0.25) is 5.13 Å². The fraction of sp³-hybridized carbons (Fsp3) is 0.357. The third kappa shape index (κ3) is 3.91. The Balaban J connectivity index is 2.09. The summed E-state index contributed by atoms with van der Waals surface area (Å²) in [7, 11) is 1.51. The number of nitrogens with one attached hydrogen (secondary N) is 1. The van der Waals surface area contributed by atoms with Crippen molar-refractivity contribution < 1.29 is 9.53 Å². The van der Waals surface area contributed by atoms with E-state index in [1.54, 1.807) is 18.2 Å². The van der Waals surface area contributed by atoms with Gasteiger partial charge < -0.3 is 10.5 Å². The van der Waals surface area contributed by atoms with Gasteiger partial charge in [0.05, 0.1) is 12.8 Å². The first-order chi connectivity index (χ1) is 9.99. The number of ether oxygens (including phenoxy) is 1. The van der Waals surface area contributed by atoms with E-state index in [1.165, 1.54) is 18.4 Å². The molecular weight excluding hydrogens is 288 g/mol. The summed E-state index contributed by atoms with van der Waals surface area (Å²) >= 11 is 1.39. The van der Waals surface area contributed by atoms with Gasteiger partial charge in [0.1, 0.15) is 10.8 Å². The SMILES string of the molecule is COc1cc(C(=O)Nc2nnc(CC(C)C)s2)ccc1N. The summed E-state index contributed by atoms with van der Waals surface area (Å²) in [5, 5.41) is 12.2. The molecule has 6 nitrogen and oxygen atoms in total. The summed E-state index contributed by atoms with van der Waals surface area (Å²) in [6, 6.07) is 4.88. The largest absolute Gasteiger partial charge is 0.495 e. The van der Waals surface area contributed by atoms with E-state index in [0.29, 0.717) is 28.0 Å². The minimum atomic E-state index is -0.263. The van der Waals surface area contributed by atoms with E-state index < -0.39 is 0 Å². The summed E-state index contributed by atoms with van der Waals surface area (Å²) < 4.78 is 5.10. The van der Waals surface area contributed by atoms with Crippen molar-refractivity contribution >= 4 is 28.1 Å². The Labute approximate surface area is 127 Å². The average Bonchev–Trinajstić information content (AvgIpc) is 2.85. The van der Waals surface area contributed by atoms with Crippen LogP contribution in [0.25, 0.3) is 0 Å². The number of amides is 1. The van der Waals surface area contributed by atoms with E-state index in [2.05, 4.69) is 29.4 Å². The van der Waals surface area contributed by atoms with Crippen molar-refractivity contribution in [3.8, 4) is 5.75 Å². The van der Waals surface area contributed by atoms with Crippen molar-refractivity contribution in [2.75, 3.05) is 18.2 Å². The molecule has 0 aliphatic heterocycles. The maximum Gasteiger partial charge on any atom is 0.257 e. The highest BCUT2D eigenvalue weighted by atomic mass is 32.1. The molecule has 21 heavy (non-hydrogen) atoms. The number of carbonyl (C=O) groups is 1. The van der Waals surface area contributed by atoms with Crippen LogP contribution < -0.4 is 15.8 Å². The number of nitrogen functional groups attached to an aromatic ring is 1. The number of nitrogens with zero attached hydrogens (tertiary/aromatic N) is 2. The Hall–Kier alpha value is -2.15. The first-order valence-electron chi connectivity index (χ1n) is 6.57. The molecule has 1 aromatic heterocycles. The second-order valence-electron chi connectivity index (χ2n) is 5.01. The Morgan fingerprint density at radius 3 is 2.86 bits per heavy atom. The van der Waals surface area contributed by atoms with Crippen LogP contribution >= 0.6 is 11.3 Å². The molecule has 0 atom stereocenters. The van der Waals surface area contributed by atoms with Gasteiger partial charge in [0, 0.05) is 12.0 Å². The molecule has 0 saturated carbocycles. The van der Waals surface area contributed by atoms with E-state index in [0.717, 1.165) is 11.4 Å². The zero-order chi connectivity index (χ0) is 15.4. The van der Waals surface area contributed by atoms with Crippen molar-refractivity contribution in [1.82, 2.24) is 10.2 Å². The number of nitrogens with two attached hydrogens (primary N) is 1. The van der Waals surface area contributed by atoms with Crippen molar-refractivity contribution in [2.45, 2.75) is 20.3 Å². The first kappa shape index (κ1) is 15.2. The smallest absolute Gasteiger partial charge is 0.257 e. The van der Waals surface area contributed by atoms with Crippen molar-refractivity contribution in [3.05, 3.63) is 28.8 Å². The van der Waals surface area contributed by atoms with Gasteiger partial charge in [-0.1, -0.05) is 25.2 Å². The average molecular weight is 306 g/mol. The molecule has 0 bridgehead atoms. The highest BCUT2D eigenvalue weighted by Crippen LogP contribution is 2.23. The summed E-state index contributed by atoms with van der Waals surface area (Å²) in [4.78, 5) is 12.2. The lowest BCUT2D eigenvalue weighted by atomic mass is 10.1. The summed E-state index contributed by atoms with van der Waals surface area (Å²) in [5.41, 5.74) is 6.68. The molecule has 1 heterocycles. The molecule has 2 rings (SSSR count). The van der Waals surface area contributed by atoms with E-state index in [4.69, 9.17) is 10.5 Å². The minimum absolute atomic E-state index is 0.263. The molecule has 3 N–H and O–H groups in total. The van der Waals surface area contributed by atoms with Crippen LogP contribution in [0.4, 0.5) is 10.8 Å². The number of carbonyl (C=O) groups excluding carboxylic acids is 1. The van der Waals surface area contributed by atoms with Crippen molar-refractivity contribution in [3.63, 3.8) is 0 Å². The topological polar surface area (TPSA) is 90.1 Å². The molecule has 0 saturated heterocycles. The lowest BCUT2D eigenvalue weighted by Gasteiger charge is -2.06. The van der Waals surface area contributed by atoms with Gasteiger partial charge in [-0.15, -0.1) is 10.2 Å². The van der Waals surface area contributed by atoms with Crippen LogP contribution in [0.2, 0.25) is 0 Å². The van der Waals surface area contributed by atoms with Gasteiger partial charge in [-0.3, -0.25) is 10.1 Å². The maximum atomic E-state index is 12.2. The van der Waals surface area contributed by atoms with Crippen LogP contribution in [0.15, 0.2) is 18.2 Å². The lowest BCUT2D eigenvalue weighted by Crippen LogP contribution is -2.12. The normalized spacial score (nSPS) is 10.7. The Bertz CT molecular complexity index is 640. The van der Waals surface area contributed by atoms with E-state index in [9.17, 15) is 4.79 Å². The number of rotatable bonds is 5. The van der Waals surface area contributed by atoms with Crippen molar-refractivity contribution in [1.29, 1.82) is 0 Å². The van der Waals surface area contributed by atoms with Gasteiger partial charge in [-0.2, -0.15) is 0 Å². The molecule has 2 aromatic rings. The van der Waals surface area contributed by atoms with Gasteiger partial charge >= 0.3 is 0 Å². The molecule has 0 aliphatic rings. The zero-order valence-electron chi connectivity index (χ0n) is 12.2. The Kier molecular flexibility index (Phi) is 4.74. The third-order valence-corrected chi connectivity index (χ3v) is 3.63. The molecule has 0 fully saturated rings. The van der Waals surface area contributed by atoms with Gasteiger partial charge in [0.15, 0.2) is 0 Å². The highest BCUT2D eigenvalue weighted by Gasteiger charge is 2.12. The van der Waals surface area contributed by atoms with Crippen LogP contribution in [-0.2, 0) is 6.42 Å². The van der Waals surface area contributed by atoms with Crippen LogP contribution in [-0.4, -0.2) is 23.2 Å². The molecule has 1 aromatic carbocycles. The van der Waals surface area contributed by atoms with Gasteiger partial charge in [-0.25, -0.2) is 0 Å². The molecule has 0 aliphatic carbocycles. The Morgan fingerprint density at radius 1 is 1.43 bits per heavy atom. The fourth-order valence-corrected chi connectivity index (χ4v) is 2.70. The monoisotopic (exact) mass is 306 g/mol. The fourth-order valence-electron chi connectivity index (χ4n) is 1.76. The molecule has 0 unspecified atom stereocenters. The van der Waals surface area contributed by atoms with Gasteiger partial charge in [-0.05, 0) is 24.1 Å². The summed E-state index contributed by atoms with van der Waals surface area (Å²) in [6.07, 6.45) is 0.850. The minimum Gasteiger partial charge on any atom is -0.495 e. The molecule has 0 radical (unpaired) electrons. The molecule has 1 amide bonds. The summed E-state index contributed by atoms with van der Waals surface area (Å²) in [6.45, 7) is 4.22. The highest BCUT2D eigenvalue weighted by molar-refractivity contribution is 7.15. The summed E-state index contributed by atoms with van der Waals surface area (Å²) in [5.74, 6) is 0.712. The first-order valence-corrected chi connectivity index (χ1v) is 7.38. The number of aromatic nitrogens is 2. The number of hydrogen-bond donors (Lipinski definition) is 2. The zero-order valence-corrected chi connectivity index (χ0v) is 13.0. The number of benzene rings is 1. The molecular formula is C14H18N4O2S. The number of hydrogen-bond acceptors (Lipinski definition) is 6. The molecule has 0 spiro atoms. The van der Waals surface area contributed by atoms with Gasteiger partial charge in [0.25, 0.3) is 5.91 Å². The van der Waals surface area contributed by atoms with Crippen LogP contribution in [0, 0.1) is 5.92 Å². The van der Waals surface area contributed by atoms with E-state index in [-0.39, 0.29) is 5.91 Å². The standard InChI is InChI=1S/C14H18N4O2S/c1-8(2)6-12-17-18-14(21-12)16-13(19)9-4-5-10(15)11(7-9)20-3/h4-5,7-8H,6,15H2,1-3H3,(H,16,18,19). The third-order valence-electron chi connectivity index (χ3n) is 2.77. The maximum absolute atomic E-state index is 12.2. The molecule has 7 heteroatoms. The Morgan fingerprint density at radius 2 is 2.19 bits per heavy atom. The van der Waals surface area contributed by atoms with Crippen LogP contribution in [0.1, 0.15) is 29.2 Å². The van der Waals surface area contributed by atoms with E-state index >= 15 is 0 Å². The van der Waals surface area contributed by atoms with Crippen molar-refractivity contribution in [2.24, 2.45) is 5.92 Å². The second-order valence-corrected chi connectivity index (χ2v) is 6.07. The number of methoxy groups -OCH3 is 1. The second kappa shape index (κ2) is 6.53. The number of anilines is 2. The van der Waals surface area contributed by atoms with E-state index in [1.807, 2.05) is 0 Å².